The molecular weight excluding hydrogens is 288 g/mol. The van der Waals surface area contributed by atoms with Gasteiger partial charge in [0.25, 0.3) is 5.91 Å². The highest BCUT2D eigenvalue weighted by Crippen LogP contribution is 2.28. The average molecular weight is 310 g/mol. The molecule has 1 amide bonds. The van der Waals surface area contributed by atoms with Crippen LogP contribution in [0.1, 0.15) is 32.8 Å². The zero-order valence-corrected chi connectivity index (χ0v) is 13.7. The summed E-state index contributed by atoms with van der Waals surface area (Å²) in [7, 11) is 1.52. The van der Waals surface area contributed by atoms with Gasteiger partial charge in [0.15, 0.2) is 18.1 Å². The zero-order valence-electron chi connectivity index (χ0n) is 12.9. The summed E-state index contributed by atoms with van der Waals surface area (Å²) in [6.45, 7) is 5.86. The molecule has 0 unspecified atom stereocenters. The minimum Gasteiger partial charge on any atom is -0.493 e. The minimum absolute atomic E-state index is 0.0772. The molecule has 1 aromatic carbocycles. The molecule has 21 heavy (non-hydrogen) atoms. The van der Waals surface area contributed by atoms with Crippen molar-refractivity contribution < 1.29 is 14.3 Å². The molecule has 1 aromatic rings. The van der Waals surface area contributed by atoms with Crippen molar-refractivity contribution >= 4 is 23.1 Å². The average Bonchev–Trinajstić information content (AvgIpc) is 2.44. The lowest BCUT2D eigenvalue weighted by molar-refractivity contribution is -0.124. The van der Waals surface area contributed by atoms with Crippen molar-refractivity contribution in [1.82, 2.24) is 5.32 Å². The third-order valence-corrected chi connectivity index (χ3v) is 3.40. The molecule has 0 aromatic heterocycles. The van der Waals surface area contributed by atoms with E-state index in [0.29, 0.717) is 17.1 Å². The molecule has 0 atom stereocenters. The monoisotopic (exact) mass is 310 g/mol. The topological polar surface area (TPSA) is 73.6 Å². The summed E-state index contributed by atoms with van der Waals surface area (Å²) in [5, 5.41) is 2.90. The largest absolute Gasteiger partial charge is 0.493 e. The van der Waals surface area contributed by atoms with Crippen molar-refractivity contribution in [3.63, 3.8) is 0 Å². The molecule has 0 aliphatic heterocycles. The van der Waals surface area contributed by atoms with E-state index in [-0.39, 0.29) is 23.0 Å². The normalized spacial score (nSPS) is 10.9. The highest BCUT2D eigenvalue weighted by atomic mass is 32.1. The van der Waals surface area contributed by atoms with Crippen LogP contribution in [0.4, 0.5) is 0 Å². The first kappa shape index (κ1) is 17.2. The van der Waals surface area contributed by atoms with E-state index in [1.807, 2.05) is 20.8 Å². The highest BCUT2D eigenvalue weighted by Gasteiger charge is 2.18. The maximum absolute atomic E-state index is 11.8. The van der Waals surface area contributed by atoms with Crippen molar-refractivity contribution in [2.24, 2.45) is 5.73 Å². The van der Waals surface area contributed by atoms with Crippen LogP contribution in [0.5, 0.6) is 11.5 Å². The number of benzene rings is 1. The molecule has 116 valence electrons. The van der Waals surface area contributed by atoms with Crippen LogP contribution in [-0.4, -0.2) is 30.2 Å². The summed E-state index contributed by atoms with van der Waals surface area (Å²) in [4.78, 5) is 12.1. The molecule has 0 aliphatic carbocycles. The Bertz CT molecular complexity index is 530. The first-order chi connectivity index (χ1) is 9.79. The Morgan fingerprint density at radius 2 is 2.05 bits per heavy atom. The van der Waals surface area contributed by atoms with Gasteiger partial charge in [-0.05, 0) is 38.5 Å². The number of nitrogens with one attached hydrogen (secondary N) is 1. The predicted octanol–water partition coefficient (Wildman–Crippen LogP) is 2.01. The lowest BCUT2D eigenvalue weighted by Gasteiger charge is -2.24. The summed E-state index contributed by atoms with van der Waals surface area (Å²) in [5.74, 6) is 0.784. The Balaban J connectivity index is 2.71. The van der Waals surface area contributed by atoms with Crippen molar-refractivity contribution in [2.75, 3.05) is 13.7 Å². The van der Waals surface area contributed by atoms with E-state index in [2.05, 4.69) is 5.32 Å². The van der Waals surface area contributed by atoms with Crippen LogP contribution in [0.25, 0.3) is 0 Å². The molecule has 0 spiro atoms. The summed E-state index contributed by atoms with van der Waals surface area (Å²) < 4.78 is 10.7. The van der Waals surface area contributed by atoms with E-state index in [1.54, 1.807) is 18.2 Å². The van der Waals surface area contributed by atoms with Crippen LogP contribution in [0.3, 0.4) is 0 Å². The van der Waals surface area contributed by atoms with Crippen molar-refractivity contribution in [2.45, 2.75) is 32.7 Å². The molecule has 3 N–H and O–H groups in total. The number of rotatable bonds is 7. The van der Waals surface area contributed by atoms with Gasteiger partial charge < -0.3 is 20.5 Å². The fourth-order valence-corrected chi connectivity index (χ4v) is 1.71. The van der Waals surface area contributed by atoms with Gasteiger partial charge in [-0.2, -0.15) is 0 Å². The van der Waals surface area contributed by atoms with E-state index in [1.165, 1.54) is 7.11 Å². The maximum Gasteiger partial charge on any atom is 0.258 e. The summed E-state index contributed by atoms with van der Waals surface area (Å²) >= 11 is 4.91. The number of carbonyl (C=O) groups excluding carboxylic acids is 1. The standard InChI is InChI=1S/C15H22N2O3S/c1-5-15(2,3)17-13(18)9-20-11-7-6-10(14(16)21)8-12(11)19-4/h6-8H,5,9H2,1-4H3,(H2,16,21)(H,17,18). The second kappa shape index (κ2) is 7.26. The Morgan fingerprint density at radius 3 is 2.57 bits per heavy atom. The highest BCUT2D eigenvalue weighted by molar-refractivity contribution is 7.80. The summed E-state index contributed by atoms with van der Waals surface area (Å²) in [6, 6.07) is 5.10. The number of thiocarbonyl (C=S) groups is 1. The molecule has 0 saturated carbocycles. The van der Waals surface area contributed by atoms with Crippen LogP contribution in [0.15, 0.2) is 18.2 Å². The van der Waals surface area contributed by atoms with Gasteiger partial charge in [-0.3, -0.25) is 4.79 Å². The van der Waals surface area contributed by atoms with Crippen LogP contribution in [0.2, 0.25) is 0 Å². The number of amides is 1. The number of hydrogen-bond acceptors (Lipinski definition) is 4. The van der Waals surface area contributed by atoms with Crippen LogP contribution < -0.4 is 20.5 Å². The van der Waals surface area contributed by atoms with Crippen LogP contribution in [0, 0.1) is 0 Å². The SMILES string of the molecule is CCC(C)(C)NC(=O)COc1ccc(C(N)=S)cc1OC. The van der Waals surface area contributed by atoms with Gasteiger partial charge in [-0.15, -0.1) is 0 Å². The fourth-order valence-electron chi connectivity index (χ4n) is 1.59. The summed E-state index contributed by atoms with van der Waals surface area (Å²) in [5.41, 5.74) is 6.00. The van der Waals surface area contributed by atoms with E-state index >= 15 is 0 Å². The zero-order chi connectivity index (χ0) is 16.0. The quantitative estimate of drug-likeness (QED) is 0.754. The fraction of sp³-hybridized carbons (Fsp3) is 0.467. The minimum atomic E-state index is -0.250. The molecule has 0 fully saturated rings. The number of methoxy groups -OCH3 is 1. The Labute approximate surface area is 130 Å². The van der Waals surface area contributed by atoms with Gasteiger partial charge in [-0.25, -0.2) is 0 Å². The molecule has 6 heteroatoms. The second-order valence-electron chi connectivity index (χ2n) is 5.30. The van der Waals surface area contributed by atoms with Gasteiger partial charge in [0.2, 0.25) is 0 Å². The second-order valence-corrected chi connectivity index (χ2v) is 5.74. The van der Waals surface area contributed by atoms with Gasteiger partial charge >= 0.3 is 0 Å². The third-order valence-electron chi connectivity index (χ3n) is 3.17. The van der Waals surface area contributed by atoms with Gasteiger partial charge in [0, 0.05) is 11.1 Å². The van der Waals surface area contributed by atoms with Crippen molar-refractivity contribution in [3.05, 3.63) is 23.8 Å². The maximum atomic E-state index is 11.8. The first-order valence-corrected chi connectivity index (χ1v) is 7.11. The Morgan fingerprint density at radius 1 is 1.38 bits per heavy atom. The van der Waals surface area contributed by atoms with Crippen LogP contribution in [-0.2, 0) is 4.79 Å². The first-order valence-electron chi connectivity index (χ1n) is 6.70. The number of ether oxygens (including phenoxy) is 2. The molecule has 0 heterocycles. The van der Waals surface area contributed by atoms with E-state index in [9.17, 15) is 4.79 Å². The van der Waals surface area contributed by atoms with E-state index in [0.717, 1.165) is 6.42 Å². The molecule has 0 radical (unpaired) electrons. The van der Waals surface area contributed by atoms with Gasteiger partial charge in [-0.1, -0.05) is 19.1 Å². The molecule has 5 nitrogen and oxygen atoms in total. The number of carbonyl (C=O) groups is 1. The van der Waals surface area contributed by atoms with Crippen molar-refractivity contribution in [3.8, 4) is 11.5 Å². The lowest BCUT2D eigenvalue weighted by Crippen LogP contribution is -2.44. The van der Waals surface area contributed by atoms with E-state index in [4.69, 9.17) is 27.4 Å². The molecule has 0 bridgehead atoms. The third kappa shape index (κ3) is 5.23. The van der Waals surface area contributed by atoms with Gasteiger partial charge in [0.1, 0.15) is 4.99 Å². The smallest absolute Gasteiger partial charge is 0.258 e. The Kier molecular flexibility index (Phi) is 5.96. The Hall–Kier alpha value is -1.82. The number of hydrogen-bond donors (Lipinski definition) is 2. The van der Waals surface area contributed by atoms with Gasteiger partial charge in [0.05, 0.1) is 7.11 Å². The summed E-state index contributed by atoms with van der Waals surface area (Å²) in [6.07, 6.45) is 0.838. The molecule has 0 aliphatic rings. The van der Waals surface area contributed by atoms with Crippen LogP contribution >= 0.6 is 12.2 Å². The predicted molar refractivity (Wildman–Crippen MR) is 86.9 cm³/mol. The molecule has 1 rings (SSSR count). The van der Waals surface area contributed by atoms with E-state index < -0.39 is 0 Å². The van der Waals surface area contributed by atoms with Crippen molar-refractivity contribution in [1.29, 1.82) is 0 Å². The number of nitrogens with two attached hydrogens (primary N) is 1. The lowest BCUT2D eigenvalue weighted by atomic mass is 10.0. The molecular formula is C15H22N2O3S. The molecule has 0 saturated heterocycles.